The number of Topliss-reactive ketones (excluding diaryl/α,β-unsaturated/α-hetero) is 1. The summed E-state index contributed by atoms with van der Waals surface area (Å²) in [5.74, 6) is 0.785. The predicted molar refractivity (Wildman–Crippen MR) is 87.3 cm³/mol. The number of nitrogens with zero attached hydrogens (tertiary/aromatic N) is 3. The Balaban J connectivity index is 1.88. The molecule has 5 nitrogen and oxygen atoms in total. The van der Waals surface area contributed by atoms with Gasteiger partial charge in [0.15, 0.2) is 5.78 Å². The van der Waals surface area contributed by atoms with Crippen molar-refractivity contribution < 1.29 is 9.53 Å². The monoisotopic (exact) mass is 347 g/mol. The van der Waals surface area contributed by atoms with Crippen LogP contribution in [0.2, 0.25) is 10.0 Å². The normalized spacial score (nSPS) is 10.5. The molecule has 23 heavy (non-hydrogen) atoms. The maximum absolute atomic E-state index is 12.5. The van der Waals surface area contributed by atoms with E-state index in [0.717, 1.165) is 0 Å². The Kier molecular flexibility index (Phi) is 4.60. The minimum Gasteiger partial charge on any atom is -0.457 e. The standard InChI is InChI=1S/C16H11Cl2N3O2/c17-11-1-4-13(5-2-11)23-16-7-12(18)3-6-14(16)15(22)8-21-10-19-9-20-21/h1-7,9-10H,8H2. The molecular formula is C16H11Cl2N3O2. The molecular weight excluding hydrogens is 337 g/mol. The minimum atomic E-state index is -0.156. The second-order valence-electron chi connectivity index (χ2n) is 4.71. The topological polar surface area (TPSA) is 57.0 Å². The average molecular weight is 348 g/mol. The molecule has 0 bridgehead atoms. The largest absolute Gasteiger partial charge is 0.457 e. The van der Waals surface area contributed by atoms with Crippen molar-refractivity contribution in [1.29, 1.82) is 0 Å². The van der Waals surface area contributed by atoms with Crippen LogP contribution in [-0.4, -0.2) is 20.5 Å². The molecule has 0 saturated heterocycles. The number of ketones is 1. The highest BCUT2D eigenvalue weighted by Gasteiger charge is 2.15. The average Bonchev–Trinajstić information content (AvgIpc) is 3.02. The summed E-state index contributed by atoms with van der Waals surface area (Å²) >= 11 is 11.9. The van der Waals surface area contributed by atoms with E-state index in [1.54, 1.807) is 42.5 Å². The zero-order chi connectivity index (χ0) is 16.2. The molecule has 3 rings (SSSR count). The summed E-state index contributed by atoms with van der Waals surface area (Å²) in [5, 5.41) is 5.01. The van der Waals surface area contributed by atoms with Crippen LogP contribution < -0.4 is 4.74 Å². The Morgan fingerprint density at radius 3 is 2.52 bits per heavy atom. The maximum atomic E-state index is 12.5. The first-order valence-electron chi connectivity index (χ1n) is 6.70. The Morgan fingerprint density at radius 2 is 1.83 bits per heavy atom. The van der Waals surface area contributed by atoms with Crippen molar-refractivity contribution in [3.05, 3.63) is 70.7 Å². The third-order valence-electron chi connectivity index (χ3n) is 3.06. The Labute approximate surface area is 142 Å². The van der Waals surface area contributed by atoms with Crippen molar-refractivity contribution in [1.82, 2.24) is 14.8 Å². The lowest BCUT2D eigenvalue weighted by Crippen LogP contribution is -2.11. The summed E-state index contributed by atoms with van der Waals surface area (Å²) in [5.41, 5.74) is 0.417. The van der Waals surface area contributed by atoms with Gasteiger partial charge in [-0.15, -0.1) is 0 Å². The third-order valence-corrected chi connectivity index (χ3v) is 3.54. The quantitative estimate of drug-likeness (QED) is 0.647. The first-order valence-corrected chi connectivity index (χ1v) is 7.46. The van der Waals surface area contributed by atoms with E-state index in [0.29, 0.717) is 27.1 Å². The summed E-state index contributed by atoms with van der Waals surface area (Å²) in [6.07, 6.45) is 2.85. The fourth-order valence-corrected chi connectivity index (χ4v) is 2.28. The highest BCUT2D eigenvalue weighted by molar-refractivity contribution is 6.31. The summed E-state index contributed by atoms with van der Waals surface area (Å²) in [7, 11) is 0. The van der Waals surface area contributed by atoms with Crippen molar-refractivity contribution in [3.63, 3.8) is 0 Å². The molecule has 0 spiro atoms. The molecule has 0 radical (unpaired) electrons. The van der Waals surface area contributed by atoms with Gasteiger partial charge >= 0.3 is 0 Å². The van der Waals surface area contributed by atoms with Crippen LogP contribution in [0.5, 0.6) is 11.5 Å². The van der Waals surface area contributed by atoms with E-state index < -0.39 is 0 Å². The van der Waals surface area contributed by atoms with Crippen LogP contribution in [0.3, 0.4) is 0 Å². The number of aromatic nitrogens is 3. The number of carbonyl (C=O) groups excluding carboxylic acids is 1. The maximum Gasteiger partial charge on any atom is 0.188 e. The van der Waals surface area contributed by atoms with Gasteiger partial charge in [-0.05, 0) is 36.4 Å². The van der Waals surface area contributed by atoms with E-state index in [1.165, 1.54) is 17.3 Å². The number of ether oxygens (including phenoxy) is 1. The molecule has 1 aromatic heterocycles. The second-order valence-corrected chi connectivity index (χ2v) is 5.59. The molecule has 0 aliphatic rings. The Hall–Kier alpha value is -2.37. The molecule has 0 amide bonds. The van der Waals surface area contributed by atoms with Crippen LogP contribution in [-0.2, 0) is 6.54 Å². The number of halogens is 2. The molecule has 2 aromatic carbocycles. The third kappa shape index (κ3) is 3.88. The SMILES string of the molecule is O=C(Cn1cncn1)c1ccc(Cl)cc1Oc1ccc(Cl)cc1. The fraction of sp³-hybridized carbons (Fsp3) is 0.0625. The van der Waals surface area contributed by atoms with Crippen molar-refractivity contribution in [2.75, 3.05) is 0 Å². The molecule has 1 heterocycles. The van der Waals surface area contributed by atoms with Crippen LogP contribution in [0, 0.1) is 0 Å². The molecule has 0 aliphatic carbocycles. The summed E-state index contributed by atoms with van der Waals surface area (Å²) < 4.78 is 7.22. The lowest BCUT2D eigenvalue weighted by atomic mass is 10.1. The summed E-state index contributed by atoms with van der Waals surface area (Å²) in [6.45, 7) is 0.0681. The molecule has 0 unspecified atom stereocenters. The first-order chi connectivity index (χ1) is 11.1. The molecule has 3 aromatic rings. The van der Waals surface area contributed by atoms with Gasteiger partial charge in [0.05, 0.1) is 5.56 Å². The van der Waals surface area contributed by atoms with Crippen molar-refractivity contribution in [2.24, 2.45) is 0 Å². The smallest absolute Gasteiger partial charge is 0.188 e. The molecule has 0 aliphatic heterocycles. The number of hydrogen-bond acceptors (Lipinski definition) is 4. The predicted octanol–water partition coefficient (Wildman–Crippen LogP) is 4.26. The van der Waals surface area contributed by atoms with E-state index in [1.807, 2.05) is 0 Å². The zero-order valence-corrected chi connectivity index (χ0v) is 13.3. The van der Waals surface area contributed by atoms with Crippen LogP contribution in [0.15, 0.2) is 55.1 Å². The molecule has 0 N–H and O–H groups in total. The van der Waals surface area contributed by atoms with Gasteiger partial charge in [-0.3, -0.25) is 4.79 Å². The van der Waals surface area contributed by atoms with Crippen LogP contribution in [0.25, 0.3) is 0 Å². The molecule has 0 atom stereocenters. The number of benzene rings is 2. The van der Waals surface area contributed by atoms with Crippen molar-refractivity contribution in [2.45, 2.75) is 6.54 Å². The van der Waals surface area contributed by atoms with Crippen LogP contribution in [0.1, 0.15) is 10.4 Å². The highest BCUT2D eigenvalue weighted by atomic mass is 35.5. The van der Waals surface area contributed by atoms with Gasteiger partial charge in [-0.2, -0.15) is 5.10 Å². The van der Waals surface area contributed by atoms with Gasteiger partial charge in [0.25, 0.3) is 0 Å². The summed E-state index contributed by atoms with van der Waals surface area (Å²) in [6, 6.07) is 11.7. The van der Waals surface area contributed by atoms with E-state index in [2.05, 4.69) is 10.1 Å². The van der Waals surface area contributed by atoms with Gasteiger partial charge < -0.3 is 4.74 Å². The van der Waals surface area contributed by atoms with Crippen molar-refractivity contribution >= 4 is 29.0 Å². The van der Waals surface area contributed by atoms with E-state index in [9.17, 15) is 4.79 Å². The van der Waals surface area contributed by atoms with Gasteiger partial charge in [0, 0.05) is 16.1 Å². The molecule has 0 saturated carbocycles. The van der Waals surface area contributed by atoms with E-state index >= 15 is 0 Å². The molecule has 116 valence electrons. The van der Waals surface area contributed by atoms with Gasteiger partial charge in [0.1, 0.15) is 30.7 Å². The highest BCUT2D eigenvalue weighted by Crippen LogP contribution is 2.29. The Morgan fingerprint density at radius 1 is 1.09 bits per heavy atom. The second kappa shape index (κ2) is 6.81. The van der Waals surface area contributed by atoms with Gasteiger partial charge in [0.2, 0.25) is 0 Å². The minimum absolute atomic E-state index is 0.0681. The van der Waals surface area contributed by atoms with Gasteiger partial charge in [-0.1, -0.05) is 23.2 Å². The molecule has 7 heteroatoms. The number of carbonyl (C=O) groups is 1. The van der Waals surface area contributed by atoms with E-state index in [4.69, 9.17) is 27.9 Å². The first kappa shape index (κ1) is 15.5. The van der Waals surface area contributed by atoms with E-state index in [-0.39, 0.29) is 12.3 Å². The van der Waals surface area contributed by atoms with Crippen molar-refractivity contribution in [3.8, 4) is 11.5 Å². The van der Waals surface area contributed by atoms with Crippen LogP contribution >= 0.6 is 23.2 Å². The molecule has 0 fully saturated rings. The van der Waals surface area contributed by atoms with Crippen LogP contribution in [0.4, 0.5) is 0 Å². The lowest BCUT2D eigenvalue weighted by Gasteiger charge is -2.11. The van der Waals surface area contributed by atoms with Gasteiger partial charge in [-0.25, -0.2) is 9.67 Å². The summed E-state index contributed by atoms with van der Waals surface area (Å²) in [4.78, 5) is 16.3. The lowest BCUT2D eigenvalue weighted by molar-refractivity contribution is 0.0965. The number of hydrogen-bond donors (Lipinski definition) is 0. The fourth-order valence-electron chi connectivity index (χ4n) is 1.99. The Bertz CT molecular complexity index is 818. The zero-order valence-electron chi connectivity index (χ0n) is 11.8. The number of rotatable bonds is 5.